The molecule has 5 rings (SSSR count). The highest BCUT2D eigenvalue weighted by Gasteiger charge is 2.70. The summed E-state index contributed by atoms with van der Waals surface area (Å²) < 4.78 is 10.9. The average molecular weight is 276 g/mol. The third-order valence-electron chi connectivity index (χ3n) is 7.08. The van der Waals surface area contributed by atoms with Gasteiger partial charge >= 0.3 is 11.9 Å². The van der Waals surface area contributed by atoms with Gasteiger partial charge in [-0.15, -0.1) is 0 Å². The van der Waals surface area contributed by atoms with Crippen LogP contribution in [0.1, 0.15) is 26.2 Å². The maximum absolute atomic E-state index is 12.0. The Morgan fingerprint density at radius 3 is 2.75 bits per heavy atom. The van der Waals surface area contributed by atoms with Crippen LogP contribution in [0.3, 0.4) is 0 Å². The van der Waals surface area contributed by atoms with E-state index in [1.54, 1.807) is 0 Å². The molecule has 0 N–H and O–H groups in total. The van der Waals surface area contributed by atoms with Gasteiger partial charge < -0.3 is 9.47 Å². The summed E-state index contributed by atoms with van der Waals surface area (Å²) in [4.78, 5) is 23.2. The molecule has 0 spiro atoms. The molecule has 4 saturated carbocycles. The molecule has 4 nitrogen and oxygen atoms in total. The van der Waals surface area contributed by atoms with Crippen LogP contribution in [-0.4, -0.2) is 24.6 Å². The molecule has 9 atom stereocenters. The van der Waals surface area contributed by atoms with E-state index in [1.165, 1.54) is 19.8 Å². The maximum atomic E-state index is 12.0. The van der Waals surface area contributed by atoms with Gasteiger partial charge in [0.05, 0.1) is 12.5 Å². The topological polar surface area (TPSA) is 52.6 Å². The van der Waals surface area contributed by atoms with E-state index >= 15 is 0 Å². The van der Waals surface area contributed by atoms with Crippen molar-refractivity contribution in [1.29, 1.82) is 0 Å². The molecule has 1 aliphatic heterocycles. The number of carbonyl (C=O) groups excluding carboxylic acids is 2. The minimum Gasteiger partial charge on any atom is -0.465 e. The largest absolute Gasteiger partial charge is 0.465 e. The zero-order valence-electron chi connectivity index (χ0n) is 11.7. The van der Waals surface area contributed by atoms with Gasteiger partial charge in [-0.05, 0) is 54.8 Å². The van der Waals surface area contributed by atoms with Gasteiger partial charge in [0.15, 0.2) is 0 Å². The highest BCUT2D eigenvalue weighted by atomic mass is 16.5. The zero-order valence-corrected chi connectivity index (χ0v) is 11.7. The van der Waals surface area contributed by atoms with E-state index in [-0.39, 0.29) is 24.0 Å². The van der Waals surface area contributed by atoms with Crippen LogP contribution in [0, 0.1) is 47.3 Å². The Balaban J connectivity index is 1.46. The Morgan fingerprint density at radius 1 is 1.10 bits per heavy atom. The van der Waals surface area contributed by atoms with Crippen LogP contribution >= 0.6 is 0 Å². The molecule has 0 radical (unpaired) electrons. The number of fused-ring (bicyclic) bond motifs is 12. The zero-order chi connectivity index (χ0) is 13.6. The van der Waals surface area contributed by atoms with E-state index < -0.39 is 0 Å². The first-order valence-electron chi connectivity index (χ1n) is 7.99. The SMILES string of the molecule is CC(=O)OC1CC2CC1C1C3C[C@@H](C4C(=O)OCC34)C21. The molecule has 4 heteroatoms. The first kappa shape index (κ1) is 11.6. The number of hydrogen-bond acceptors (Lipinski definition) is 4. The van der Waals surface area contributed by atoms with Gasteiger partial charge in [-0.3, -0.25) is 9.59 Å². The molecule has 4 bridgehead atoms. The molecule has 5 fully saturated rings. The Hall–Kier alpha value is -1.06. The van der Waals surface area contributed by atoms with Crippen molar-refractivity contribution in [2.24, 2.45) is 47.3 Å². The highest BCUT2D eigenvalue weighted by Crippen LogP contribution is 2.71. The van der Waals surface area contributed by atoms with Crippen molar-refractivity contribution < 1.29 is 19.1 Å². The number of rotatable bonds is 1. The van der Waals surface area contributed by atoms with E-state index in [0.29, 0.717) is 48.0 Å². The predicted octanol–water partition coefficient (Wildman–Crippen LogP) is 1.63. The second kappa shape index (κ2) is 3.58. The monoisotopic (exact) mass is 276 g/mol. The molecule has 0 aromatic heterocycles. The third kappa shape index (κ3) is 1.20. The van der Waals surface area contributed by atoms with Gasteiger partial charge in [0.25, 0.3) is 0 Å². The summed E-state index contributed by atoms with van der Waals surface area (Å²) in [5.41, 5.74) is 0. The van der Waals surface area contributed by atoms with Gasteiger partial charge in [0, 0.05) is 12.8 Å². The Kier molecular flexibility index (Phi) is 2.07. The van der Waals surface area contributed by atoms with Gasteiger partial charge in [0.2, 0.25) is 0 Å². The molecule has 8 unspecified atom stereocenters. The lowest BCUT2D eigenvalue weighted by Gasteiger charge is -2.41. The van der Waals surface area contributed by atoms with Crippen LogP contribution in [0.25, 0.3) is 0 Å². The fraction of sp³-hybridized carbons (Fsp3) is 0.875. The number of hydrogen-bond donors (Lipinski definition) is 0. The molecule has 0 aromatic carbocycles. The van der Waals surface area contributed by atoms with E-state index in [4.69, 9.17) is 9.47 Å². The van der Waals surface area contributed by atoms with Crippen molar-refractivity contribution in [3.63, 3.8) is 0 Å². The normalized spacial score (nSPS) is 57.6. The molecule has 20 heavy (non-hydrogen) atoms. The van der Waals surface area contributed by atoms with Crippen molar-refractivity contribution >= 4 is 11.9 Å². The quantitative estimate of drug-likeness (QED) is 0.539. The predicted molar refractivity (Wildman–Crippen MR) is 68.3 cm³/mol. The van der Waals surface area contributed by atoms with Crippen molar-refractivity contribution in [2.45, 2.75) is 32.3 Å². The molecule has 108 valence electrons. The summed E-state index contributed by atoms with van der Waals surface area (Å²) in [6.45, 7) is 2.16. The summed E-state index contributed by atoms with van der Waals surface area (Å²) in [7, 11) is 0. The van der Waals surface area contributed by atoms with Crippen molar-refractivity contribution in [3.8, 4) is 0 Å². The van der Waals surface area contributed by atoms with Crippen LogP contribution in [0.15, 0.2) is 0 Å². The fourth-order valence-electron chi connectivity index (χ4n) is 6.89. The van der Waals surface area contributed by atoms with Crippen molar-refractivity contribution in [3.05, 3.63) is 0 Å². The van der Waals surface area contributed by atoms with Crippen LogP contribution in [0.4, 0.5) is 0 Å². The van der Waals surface area contributed by atoms with Crippen LogP contribution < -0.4 is 0 Å². The number of ether oxygens (including phenoxy) is 2. The standard InChI is InChI=1S/C16H20O4/c1-6(17)20-12-3-7-2-9(12)14-8-4-10(13(7)14)15-11(8)5-19-16(15)18/h7-15H,2-5H2,1H3/t7?,8?,9?,10-,11?,12?,13?,14?,15?/m1/s1. The smallest absolute Gasteiger partial charge is 0.309 e. The fourth-order valence-corrected chi connectivity index (χ4v) is 6.89. The molecule has 0 aromatic rings. The summed E-state index contributed by atoms with van der Waals surface area (Å²) in [5, 5.41) is 0. The van der Waals surface area contributed by atoms with Crippen LogP contribution in [0.2, 0.25) is 0 Å². The van der Waals surface area contributed by atoms with Gasteiger partial charge in [-0.2, -0.15) is 0 Å². The van der Waals surface area contributed by atoms with Gasteiger partial charge in [-0.1, -0.05) is 0 Å². The van der Waals surface area contributed by atoms with E-state index in [1.807, 2.05) is 0 Å². The molecule has 4 aliphatic carbocycles. The highest BCUT2D eigenvalue weighted by molar-refractivity contribution is 5.76. The van der Waals surface area contributed by atoms with E-state index in [2.05, 4.69) is 0 Å². The molecule has 1 saturated heterocycles. The Morgan fingerprint density at radius 2 is 1.95 bits per heavy atom. The summed E-state index contributed by atoms with van der Waals surface area (Å²) in [6, 6.07) is 0. The number of carbonyl (C=O) groups is 2. The first-order chi connectivity index (χ1) is 9.65. The van der Waals surface area contributed by atoms with Crippen LogP contribution in [0.5, 0.6) is 0 Å². The van der Waals surface area contributed by atoms with E-state index in [0.717, 1.165) is 6.42 Å². The summed E-state index contributed by atoms with van der Waals surface area (Å²) >= 11 is 0. The summed E-state index contributed by atoms with van der Waals surface area (Å²) in [6.07, 6.45) is 3.62. The molecule has 5 aliphatic rings. The lowest BCUT2D eigenvalue weighted by molar-refractivity contribution is -0.151. The van der Waals surface area contributed by atoms with Crippen LogP contribution in [-0.2, 0) is 19.1 Å². The first-order valence-corrected chi connectivity index (χ1v) is 7.99. The lowest BCUT2D eigenvalue weighted by Crippen LogP contribution is -2.43. The second-order valence-corrected chi connectivity index (χ2v) is 7.58. The van der Waals surface area contributed by atoms with Gasteiger partial charge in [-0.25, -0.2) is 0 Å². The lowest BCUT2D eigenvalue weighted by atomic mass is 9.63. The van der Waals surface area contributed by atoms with Gasteiger partial charge in [0.1, 0.15) is 6.10 Å². The Labute approximate surface area is 118 Å². The van der Waals surface area contributed by atoms with Crippen molar-refractivity contribution in [2.75, 3.05) is 6.61 Å². The third-order valence-corrected chi connectivity index (χ3v) is 7.08. The number of cyclic esters (lactones) is 1. The minimum absolute atomic E-state index is 0.0697. The molecule has 1 heterocycles. The van der Waals surface area contributed by atoms with Crippen molar-refractivity contribution in [1.82, 2.24) is 0 Å². The molecular weight excluding hydrogens is 256 g/mol. The Bertz CT molecular complexity index is 501. The maximum Gasteiger partial charge on any atom is 0.309 e. The molecule has 0 amide bonds. The average Bonchev–Trinajstić information content (AvgIpc) is 3.10. The number of esters is 2. The minimum atomic E-state index is -0.139. The van der Waals surface area contributed by atoms with E-state index in [9.17, 15) is 9.59 Å². The molecular formula is C16H20O4. The second-order valence-electron chi connectivity index (χ2n) is 7.58. The summed E-state index contributed by atoms with van der Waals surface area (Å²) in [5.74, 6) is 4.45.